The Labute approximate surface area is 457 Å². The molecule has 0 radical (unpaired) electrons. The number of carbonyl (C=O) groups is 4. The minimum absolute atomic E-state index is 0.147. The molecule has 9 heteroatoms. The van der Waals surface area contributed by atoms with Gasteiger partial charge in [-0.2, -0.15) is 0 Å². The van der Waals surface area contributed by atoms with Crippen LogP contribution in [0, 0.1) is 63.7 Å². The average molecular weight is 1040 g/mol. The summed E-state index contributed by atoms with van der Waals surface area (Å²) in [5.74, 6) is 10.4. The van der Waals surface area contributed by atoms with E-state index in [-0.39, 0.29) is 19.0 Å². The Morgan fingerprint density at radius 1 is 0.429 bits per heavy atom. The van der Waals surface area contributed by atoms with Crippen molar-refractivity contribution in [2.24, 2.45) is 0 Å². The summed E-state index contributed by atoms with van der Waals surface area (Å²) in [5.41, 5.74) is 10.4. The molecule has 0 unspecified atom stereocenters. The first-order valence-electron chi connectivity index (χ1n) is 24.7. The van der Waals surface area contributed by atoms with E-state index < -0.39 is 28.4 Å². The maximum absolute atomic E-state index is 12.8. The molecular formula is C68H57ClO8. The van der Waals surface area contributed by atoms with Crippen molar-refractivity contribution in [1.82, 2.24) is 0 Å². The third kappa shape index (κ3) is 17.4. The van der Waals surface area contributed by atoms with Gasteiger partial charge in [0.2, 0.25) is 11.6 Å². The Balaban J connectivity index is 0.000000162. The van der Waals surface area contributed by atoms with Crippen molar-refractivity contribution in [3.63, 3.8) is 0 Å². The van der Waals surface area contributed by atoms with Gasteiger partial charge >= 0.3 is 0 Å². The maximum Gasteiger partial charge on any atom is 0.267 e. The number of ether oxygens (including phenoxy) is 4. The molecule has 0 saturated carbocycles. The van der Waals surface area contributed by atoms with Crippen LogP contribution in [0.5, 0.6) is 0 Å². The van der Waals surface area contributed by atoms with Gasteiger partial charge in [0.05, 0.1) is 26.4 Å². The molecule has 384 valence electrons. The molecule has 8 nitrogen and oxygen atoms in total. The van der Waals surface area contributed by atoms with Crippen LogP contribution in [-0.4, -0.2) is 49.0 Å². The molecule has 2 fully saturated rings. The van der Waals surface area contributed by atoms with Crippen molar-refractivity contribution < 1.29 is 38.1 Å². The zero-order chi connectivity index (χ0) is 54.9. The second-order valence-corrected chi connectivity index (χ2v) is 17.8. The van der Waals surface area contributed by atoms with Crippen molar-refractivity contribution >= 4 is 34.2 Å². The van der Waals surface area contributed by atoms with Crippen molar-refractivity contribution in [3.8, 4) is 36.0 Å². The predicted octanol–water partition coefficient (Wildman–Crippen LogP) is 13.2. The van der Waals surface area contributed by atoms with Crippen LogP contribution in [0.25, 0.3) is 0 Å². The maximum atomic E-state index is 12.8. The molecule has 0 amide bonds. The number of aryl methyl sites for hydroxylation is 4. The van der Waals surface area contributed by atoms with Gasteiger partial charge < -0.3 is 18.9 Å². The summed E-state index contributed by atoms with van der Waals surface area (Å²) in [5, 5.41) is -0.407. The summed E-state index contributed by atoms with van der Waals surface area (Å²) < 4.78 is 22.7. The number of Topliss-reactive ketones (excluding diaryl/α,β-unsaturated/α-hetero) is 3. The average Bonchev–Trinajstić information content (AvgIpc) is 4.21. The Kier molecular flexibility index (Phi) is 21.9. The first-order chi connectivity index (χ1) is 37.3. The van der Waals surface area contributed by atoms with Gasteiger partial charge in [-0.25, -0.2) is 0 Å². The van der Waals surface area contributed by atoms with Gasteiger partial charge in [0.25, 0.3) is 22.6 Å². The van der Waals surface area contributed by atoms with Gasteiger partial charge in [-0.05, 0) is 87.5 Å². The van der Waals surface area contributed by atoms with E-state index in [9.17, 15) is 19.2 Å². The molecule has 2 saturated heterocycles. The van der Waals surface area contributed by atoms with E-state index in [1.54, 1.807) is 84.9 Å². The van der Waals surface area contributed by atoms with Crippen LogP contribution < -0.4 is 0 Å². The predicted molar refractivity (Wildman–Crippen MR) is 303 cm³/mol. The highest BCUT2D eigenvalue weighted by Crippen LogP contribution is 2.34. The first kappa shape index (κ1) is 57.5. The third-order valence-electron chi connectivity index (χ3n) is 11.6. The minimum atomic E-state index is -1.62. The number of hydrogen-bond donors (Lipinski definition) is 0. The highest BCUT2D eigenvalue weighted by molar-refractivity contribution is 6.67. The smallest absolute Gasteiger partial charge is 0.267 e. The lowest BCUT2D eigenvalue weighted by Gasteiger charge is -2.25. The fourth-order valence-electron chi connectivity index (χ4n) is 7.30. The largest absolute Gasteiger partial charge is 0.337 e. The van der Waals surface area contributed by atoms with E-state index in [0.29, 0.717) is 35.5 Å². The molecule has 2 heterocycles. The van der Waals surface area contributed by atoms with Crippen molar-refractivity contribution in [2.75, 3.05) is 26.4 Å². The van der Waals surface area contributed by atoms with Gasteiger partial charge in [0.15, 0.2) is 0 Å². The fraction of sp³-hybridized carbons (Fsp3) is 0.147. The Morgan fingerprint density at radius 3 is 1.23 bits per heavy atom. The number of benzene rings is 8. The molecule has 8 aromatic carbocycles. The first-order valence-corrected chi connectivity index (χ1v) is 25.1. The lowest BCUT2D eigenvalue weighted by Crippen LogP contribution is -2.41. The van der Waals surface area contributed by atoms with Crippen LogP contribution >= 0.6 is 11.6 Å². The number of ketones is 3. The molecule has 0 spiro atoms. The summed E-state index contributed by atoms with van der Waals surface area (Å²) in [6.07, 6.45) is 5.15. The molecule has 0 atom stereocenters. The molecule has 8 aromatic rings. The lowest BCUT2D eigenvalue weighted by molar-refractivity contribution is -0.179. The lowest BCUT2D eigenvalue weighted by atomic mass is 9.95. The molecule has 0 N–H and O–H groups in total. The Hall–Kier alpha value is -8.75. The van der Waals surface area contributed by atoms with E-state index in [1.807, 2.05) is 142 Å². The quantitative estimate of drug-likeness (QED) is 0.0673. The van der Waals surface area contributed by atoms with Crippen LogP contribution in [0.3, 0.4) is 0 Å². The Bertz CT molecular complexity index is 3340. The summed E-state index contributed by atoms with van der Waals surface area (Å²) in [4.78, 5) is 47.4. The molecule has 0 aromatic heterocycles. The number of terminal acetylenes is 1. The van der Waals surface area contributed by atoms with Gasteiger partial charge in [-0.3, -0.25) is 19.2 Å². The topological polar surface area (TPSA) is 105 Å². The summed E-state index contributed by atoms with van der Waals surface area (Å²) >= 11 is 5.16. The summed E-state index contributed by atoms with van der Waals surface area (Å²) in [7, 11) is 0. The number of halogens is 1. The minimum Gasteiger partial charge on any atom is -0.337 e. The summed E-state index contributed by atoms with van der Waals surface area (Å²) in [6, 6.07) is 67.2. The molecule has 77 heavy (non-hydrogen) atoms. The SMILES string of the molecule is C#Cc1ccc(C)cc1.Cc1ccc(C#CC(=O)c2ccccc2)cc1.Cc1ccc(C#CC2(c3ccccc3)OCCO2)cc1.Cc1ccc(C(=O)C(=O)C2(c3ccccc3)OCCO2)cc1.O=C(Cl)c1ccccc1. The second kappa shape index (κ2) is 29.4. The fourth-order valence-corrected chi connectivity index (χ4v) is 7.43. The van der Waals surface area contributed by atoms with Crippen LogP contribution in [0.15, 0.2) is 218 Å². The standard InChI is InChI=1S/C18H16O4.C18H16O2.C16H12O.C9H8.C7H5ClO/c1-13-7-9-14(10-8-13)16(19)17(20)18(21-11-12-22-18)15-5-3-2-4-6-15;1-15-7-9-16(10-8-15)11-12-18(19-13-14-20-18)17-5-3-2-4-6-17;1-13-7-9-14(10-8-13)11-12-16(17)15-5-3-2-4-6-15;1-3-9-6-4-8(2)5-7-9;8-7(9)6-4-2-1-3-5-6/h2-10H,11-12H2,1H3;2-10H,13-14H2,1H3;2-10H,1H3;1,4-7H,2H3;1-5H. The van der Waals surface area contributed by atoms with Crippen molar-refractivity contribution in [1.29, 1.82) is 0 Å². The zero-order valence-electron chi connectivity index (χ0n) is 43.3. The number of carbonyl (C=O) groups excluding carboxylic acids is 4. The van der Waals surface area contributed by atoms with Gasteiger partial charge in [0.1, 0.15) is 0 Å². The zero-order valence-corrected chi connectivity index (χ0v) is 44.1. The molecule has 10 rings (SSSR count). The van der Waals surface area contributed by atoms with Crippen LogP contribution in [0.1, 0.15) is 81.1 Å². The van der Waals surface area contributed by atoms with E-state index in [2.05, 4.69) is 48.7 Å². The van der Waals surface area contributed by atoms with E-state index in [0.717, 1.165) is 27.8 Å². The normalized spacial score (nSPS) is 13.0. The number of hydrogen-bond acceptors (Lipinski definition) is 8. The third-order valence-corrected chi connectivity index (χ3v) is 11.8. The summed E-state index contributed by atoms with van der Waals surface area (Å²) in [6.45, 7) is 9.74. The van der Waals surface area contributed by atoms with Gasteiger partial charge in [0, 0.05) is 44.5 Å². The molecule has 2 aliphatic heterocycles. The highest BCUT2D eigenvalue weighted by atomic mass is 35.5. The van der Waals surface area contributed by atoms with Crippen LogP contribution in [0.2, 0.25) is 0 Å². The van der Waals surface area contributed by atoms with E-state index >= 15 is 0 Å². The molecule has 0 aliphatic carbocycles. The monoisotopic (exact) mass is 1040 g/mol. The molecule has 2 aliphatic rings. The number of rotatable bonds is 7. The van der Waals surface area contributed by atoms with Crippen molar-refractivity contribution in [3.05, 3.63) is 285 Å². The Morgan fingerprint density at radius 2 is 0.805 bits per heavy atom. The second-order valence-electron chi connectivity index (χ2n) is 17.5. The van der Waals surface area contributed by atoms with Gasteiger partial charge in [-0.1, -0.05) is 222 Å². The molecular weight excluding hydrogens is 980 g/mol. The highest BCUT2D eigenvalue weighted by Gasteiger charge is 2.49. The molecule has 0 bridgehead atoms. The van der Waals surface area contributed by atoms with Crippen molar-refractivity contribution in [2.45, 2.75) is 39.3 Å². The van der Waals surface area contributed by atoms with Crippen LogP contribution in [-0.2, 0) is 35.3 Å². The van der Waals surface area contributed by atoms with Gasteiger partial charge in [-0.15, -0.1) is 6.42 Å². The van der Waals surface area contributed by atoms with E-state index in [4.69, 9.17) is 37.0 Å². The van der Waals surface area contributed by atoms with E-state index in [1.165, 1.54) is 16.7 Å². The van der Waals surface area contributed by atoms with Crippen LogP contribution in [0.4, 0.5) is 0 Å².